The third-order valence-corrected chi connectivity index (χ3v) is 6.13. The second-order valence-electron chi connectivity index (χ2n) is 9.91. The van der Waals surface area contributed by atoms with Gasteiger partial charge in [0, 0.05) is 18.0 Å². The summed E-state index contributed by atoms with van der Waals surface area (Å²) in [7, 11) is -3.47. The fourth-order valence-corrected chi connectivity index (χ4v) is 4.67. The highest BCUT2D eigenvalue weighted by molar-refractivity contribution is 7.92. The van der Waals surface area contributed by atoms with Gasteiger partial charge in [-0.1, -0.05) is 11.6 Å². The van der Waals surface area contributed by atoms with Gasteiger partial charge in [-0.2, -0.15) is 5.10 Å². The van der Waals surface area contributed by atoms with Crippen molar-refractivity contribution >= 4 is 45.0 Å². The number of carbonyl (C=O) groups excluding carboxylic acids is 1. The molecule has 0 saturated heterocycles. The number of anilines is 3. The van der Waals surface area contributed by atoms with Gasteiger partial charge in [-0.05, 0) is 66.0 Å². The summed E-state index contributed by atoms with van der Waals surface area (Å²) in [5, 5.41) is 10.9. The molecule has 2 aromatic heterocycles. The molecule has 34 heavy (non-hydrogen) atoms. The van der Waals surface area contributed by atoms with Crippen molar-refractivity contribution < 1.29 is 17.9 Å². The van der Waals surface area contributed by atoms with Crippen LogP contribution in [0.25, 0.3) is 0 Å². The third-order valence-electron chi connectivity index (χ3n) is 5.25. The minimum atomic E-state index is -3.47. The Morgan fingerprint density at radius 2 is 1.97 bits per heavy atom. The molecule has 0 radical (unpaired) electrons. The largest absolute Gasteiger partial charge is 0.446 e. The van der Waals surface area contributed by atoms with E-state index in [0.29, 0.717) is 12.2 Å². The number of rotatable bonds is 7. The fraction of sp³-hybridized carbons (Fsp3) is 0.591. The van der Waals surface area contributed by atoms with E-state index in [1.54, 1.807) is 12.1 Å². The Morgan fingerprint density at radius 3 is 2.56 bits per heavy atom. The molecular weight excluding hydrogens is 480 g/mol. The number of ether oxygens (including phenoxy) is 1. The van der Waals surface area contributed by atoms with Crippen molar-refractivity contribution in [1.82, 2.24) is 20.1 Å². The Balaban J connectivity index is 1.77. The van der Waals surface area contributed by atoms with Crippen molar-refractivity contribution in [2.75, 3.05) is 16.3 Å². The van der Waals surface area contributed by atoms with Gasteiger partial charge in [0.05, 0.1) is 23.2 Å². The molecule has 1 amide bonds. The van der Waals surface area contributed by atoms with E-state index in [0.717, 1.165) is 30.6 Å². The Kier molecular flexibility index (Phi) is 7.66. The van der Waals surface area contributed by atoms with E-state index < -0.39 is 10.0 Å². The lowest BCUT2D eigenvalue weighted by atomic mass is 10.0. The van der Waals surface area contributed by atoms with Crippen LogP contribution < -0.4 is 15.4 Å². The van der Waals surface area contributed by atoms with Crippen LogP contribution >= 0.6 is 11.6 Å². The lowest BCUT2D eigenvalue weighted by Gasteiger charge is -2.22. The number of aromatic nitrogens is 3. The molecule has 10 nitrogen and oxygen atoms in total. The molecule has 3 rings (SSSR count). The zero-order valence-corrected chi connectivity index (χ0v) is 21.9. The van der Waals surface area contributed by atoms with E-state index in [1.807, 2.05) is 45.4 Å². The molecule has 12 heteroatoms. The van der Waals surface area contributed by atoms with E-state index in [9.17, 15) is 13.2 Å². The fourth-order valence-electron chi connectivity index (χ4n) is 3.85. The number of hydrogen-bond acceptors (Lipinski definition) is 7. The lowest BCUT2D eigenvalue weighted by Crippen LogP contribution is -2.33. The van der Waals surface area contributed by atoms with E-state index in [4.69, 9.17) is 21.4 Å². The van der Waals surface area contributed by atoms with Crippen molar-refractivity contribution in [3.63, 3.8) is 0 Å². The van der Waals surface area contributed by atoms with Crippen LogP contribution in [-0.2, 0) is 20.3 Å². The molecule has 1 saturated carbocycles. The molecular formula is C22H33ClN6O4S. The zero-order valence-electron chi connectivity index (χ0n) is 20.3. The Morgan fingerprint density at radius 1 is 1.26 bits per heavy atom. The molecule has 0 aromatic carbocycles. The lowest BCUT2D eigenvalue weighted by molar-refractivity contribution is 0.0981. The van der Waals surface area contributed by atoms with Crippen LogP contribution in [0.15, 0.2) is 18.2 Å². The average molecular weight is 513 g/mol. The number of hydrogen-bond donors (Lipinski definition) is 3. The molecule has 0 aliphatic heterocycles. The summed E-state index contributed by atoms with van der Waals surface area (Å²) in [6.45, 7) is 9.93. The van der Waals surface area contributed by atoms with Crippen molar-refractivity contribution in [1.29, 1.82) is 0 Å². The number of nitrogens with zero attached hydrogens (tertiary/aromatic N) is 3. The van der Waals surface area contributed by atoms with E-state index in [1.165, 1.54) is 0 Å². The van der Waals surface area contributed by atoms with E-state index in [-0.39, 0.29) is 40.5 Å². The molecule has 1 aliphatic carbocycles. The molecule has 1 fully saturated rings. The SMILES string of the molecule is CC(C)NC(=O)O[C@@H]1CC[C@H](c2cc(Nc3ccc(NS(C)(=O)=O)c(Cl)n3)n(C(C)(C)C)n2)C1. The molecule has 188 valence electrons. The number of halogens is 1. The van der Waals surface area contributed by atoms with Crippen molar-refractivity contribution in [3.05, 3.63) is 29.0 Å². The molecule has 0 unspecified atom stereocenters. The summed E-state index contributed by atoms with van der Waals surface area (Å²) >= 11 is 6.18. The number of alkyl carbamates (subject to hydrolysis) is 1. The summed E-state index contributed by atoms with van der Waals surface area (Å²) in [6.07, 6.45) is 2.88. The zero-order chi connectivity index (χ0) is 25.3. The maximum Gasteiger partial charge on any atom is 0.407 e. The minimum Gasteiger partial charge on any atom is -0.446 e. The van der Waals surface area contributed by atoms with Gasteiger partial charge in [0.15, 0.2) is 5.15 Å². The van der Waals surface area contributed by atoms with Crippen LogP contribution in [0.1, 0.15) is 65.5 Å². The summed E-state index contributed by atoms with van der Waals surface area (Å²) in [5.41, 5.74) is 0.806. The van der Waals surface area contributed by atoms with Crippen LogP contribution in [-0.4, -0.2) is 47.7 Å². The highest BCUT2D eigenvalue weighted by Gasteiger charge is 2.32. The third kappa shape index (κ3) is 6.99. The van der Waals surface area contributed by atoms with Crippen molar-refractivity contribution in [2.45, 2.75) is 77.5 Å². The Bertz CT molecular complexity index is 1140. The highest BCUT2D eigenvalue weighted by atomic mass is 35.5. The highest BCUT2D eigenvalue weighted by Crippen LogP contribution is 2.38. The van der Waals surface area contributed by atoms with E-state index >= 15 is 0 Å². The molecule has 2 aromatic rings. The van der Waals surface area contributed by atoms with Gasteiger partial charge in [0.1, 0.15) is 17.7 Å². The van der Waals surface area contributed by atoms with Crippen LogP contribution in [0.2, 0.25) is 5.15 Å². The first-order valence-corrected chi connectivity index (χ1v) is 13.5. The second kappa shape index (κ2) is 9.99. The predicted octanol–water partition coefficient (Wildman–Crippen LogP) is 4.57. The van der Waals surface area contributed by atoms with Gasteiger partial charge < -0.3 is 15.4 Å². The Hall–Kier alpha value is -2.53. The molecule has 3 N–H and O–H groups in total. The number of carbonyl (C=O) groups is 1. The van der Waals surface area contributed by atoms with Crippen LogP contribution in [0.3, 0.4) is 0 Å². The first kappa shape index (κ1) is 26.1. The van der Waals surface area contributed by atoms with Gasteiger partial charge in [0.2, 0.25) is 10.0 Å². The molecule has 2 atom stereocenters. The topological polar surface area (TPSA) is 127 Å². The number of pyridine rings is 1. The van der Waals surface area contributed by atoms with Crippen LogP contribution in [0, 0.1) is 0 Å². The quantitative estimate of drug-likeness (QED) is 0.463. The summed E-state index contributed by atoms with van der Waals surface area (Å²) < 4.78 is 32.8. The molecule has 0 bridgehead atoms. The van der Waals surface area contributed by atoms with Crippen LogP contribution in [0.4, 0.5) is 22.1 Å². The van der Waals surface area contributed by atoms with Gasteiger partial charge >= 0.3 is 6.09 Å². The van der Waals surface area contributed by atoms with Gasteiger partial charge in [0.25, 0.3) is 0 Å². The average Bonchev–Trinajstić information content (AvgIpc) is 3.29. The van der Waals surface area contributed by atoms with Crippen LogP contribution in [0.5, 0.6) is 0 Å². The van der Waals surface area contributed by atoms with Crippen molar-refractivity contribution in [2.24, 2.45) is 0 Å². The molecule has 1 aliphatic rings. The maximum absolute atomic E-state index is 12.0. The number of amides is 1. The van der Waals surface area contributed by atoms with E-state index in [2.05, 4.69) is 20.3 Å². The van der Waals surface area contributed by atoms with Gasteiger partial charge in [-0.3, -0.25) is 4.72 Å². The first-order valence-electron chi connectivity index (χ1n) is 11.2. The molecule has 2 heterocycles. The molecule has 0 spiro atoms. The number of nitrogens with one attached hydrogen (secondary N) is 3. The summed E-state index contributed by atoms with van der Waals surface area (Å²) in [4.78, 5) is 16.2. The van der Waals surface area contributed by atoms with Gasteiger partial charge in [-0.15, -0.1) is 0 Å². The standard InChI is InChI=1S/C22H33ClN6O4S/c1-13(2)24-21(30)33-15-8-7-14(11-15)17-12-19(29(27-17)22(3,4)5)25-18-10-9-16(20(23)26-18)28-34(6,31)32/h9-10,12-15,28H,7-8,11H2,1-6H3,(H,24,30)(H,25,26)/t14-,15+/m0/s1. The summed E-state index contributed by atoms with van der Waals surface area (Å²) in [5.74, 6) is 1.36. The minimum absolute atomic E-state index is 0.0270. The normalized spacial score (nSPS) is 18.7. The monoisotopic (exact) mass is 512 g/mol. The first-order chi connectivity index (χ1) is 15.7. The maximum atomic E-state index is 12.0. The second-order valence-corrected chi connectivity index (χ2v) is 12.0. The summed E-state index contributed by atoms with van der Waals surface area (Å²) in [6, 6.07) is 5.20. The number of sulfonamides is 1. The van der Waals surface area contributed by atoms with Gasteiger partial charge in [-0.25, -0.2) is 22.9 Å². The predicted molar refractivity (Wildman–Crippen MR) is 133 cm³/mol. The smallest absolute Gasteiger partial charge is 0.407 e. The Labute approximate surface area is 205 Å². The van der Waals surface area contributed by atoms with Crippen molar-refractivity contribution in [3.8, 4) is 0 Å².